The molecule has 1 aliphatic carbocycles. The van der Waals surface area contributed by atoms with Crippen LogP contribution in [0.1, 0.15) is 30.9 Å². The summed E-state index contributed by atoms with van der Waals surface area (Å²) in [6.07, 6.45) is 7.42. The van der Waals surface area contributed by atoms with Crippen molar-refractivity contribution in [2.24, 2.45) is 5.73 Å². The Kier molecular flexibility index (Phi) is 1.89. The average Bonchev–Trinajstić information content (AvgIpc) is 2.58. The summed E-state index contributed by atoms with van der Waals surface area (Å²) in [4.78, 5) is 0. The van der Waals surface area contributed by atoms with Gasteiger partial charge in [0.2, 0.25) is 0 Å². The molecule has 0 bridgehead atoms. The van der Waals surface area contributed by atoms with Crippen molar-refractivity contribution >= 4 is 0 Å². The van der Waals surface area contributed by atoms with Gasteiger partial charge in [0.05, 0.1) is 12.2 Å². The van der Waals surface area contributed by atoms with Crippen molar-refractivity contribution in [3.8, 4) is 0 Å². The SMILES string of the molecule is Cc1cnn(C2CCC(N)C2)c1. The molecule has 1 aromatic heterocycles. The van der Waals surface area contributed by atoms with Crippen LogP contribution in [-0.2, 0) is 0 Å². The highest BCUT2D eigenvalue weighted by Crippen LogP contribution is 2.28. The quantitative estimate of drug-likeness (QED) is 0.680. The summed E-state index contributed by atoms with van der Waals surface area (Å²) in [5, 5.41) is 4.29. The molecule has 66 valence electrons. The molecule has 1 fully saturated rings. The minimum absolute atomic E-state index is 0.388. The minimum Gasteiger partial charge on any atom is -0.328 e. The molecule has 2 atom stereocenters. The fourth-order valence-electron chi connectivity index (χ4n) is 1.86. The highest BCUT2D eigenvalue weighted by molar-refractivity contribution is 5.01. The van der Waals surface area contributed by atoms with E-state index in [4.69, 9.17) is 5.73 Å². The topological polar surface area (TPSA) is 43.8 Å². The Morgan fingerprint density at radius 2 is 2.42 bits per heavy atom. The summed E-state index contributed by atoms with van der Waals surface area (Å²) in [5.41, 5.74) is 7.06. The molecule has 3 nitrogen and oxygen atoms in total. The highest BCUT2D eigenvalue weighted by atomic mass is 15.3. The van der Waals surface area contributed by atoms with Crippen molar-refractivity contribution in [2.75, 3.05) is 0 Å². The molecule has 1 aliphatic rings. The van der Waals surface area contributed by atoms with E-state index in [1.165, 1.54) is 12.0 Å². The van der Waals surface area contributed by atoms with Crippen LogP contribution in [0.25, 0.3) is 0 Å². The maximum Gasteiger partial charge on any atom is 0.0534 e. The predicted molar refractivity (Wildman–Crippen MR) is 47.8 cm³/mol. The normalized spacial score (nSPS) is 29.5. The van der Waals surface area contributed by atoms with E-state index < -0.39 is 0 Å². The Morgan fingerprint density at radius 1 is 1.58 bits per heavy atom. The van der Waals surface area contributed by atoms with Gasteiger partial charge in [0.15, 0.2) is 0 Å². The molecule has 0 saturated heterocycles. The third-order valence-corrected chi connectivity index (χ3v) is 2.55. The van der Waals surface area contributed by atoms with Crippen molar-refractivity contribution in [1.29, 1.82) is 0 Å². The van der Waals surface area contributed by atoms with Gasteiger partial charge < -0.3 is 5.73 Å². The number of aryl methyl sites for hydroxylation is 1. The lowest BCUT2D eigenvalue weighted by atomic mass is 10.2. The number of aromatic nitrogens is 2. The van der Waals surface area contributed by atoms with E-state index in [1.54, 1.807) is 0 Å². The van der Waals surface area contributed by atoms with Gasteiger partial charge >= 0.3 is 0 Å². The number of nitrogens with two attached hydrogens (primary N) is 1. The van der Waals surface area contributed by atoms with Crippen LogP contribution in [0.4, 0.5) is 0 Å². The van der Waals surface area contributed by atoms with E-state index >= 15 is 0 Å². The predicted octanol–water partition coefficient (Wildman–Crippen LogP) is 1.24. The van der Waals surface area contributed by atoms with Gasteiger partial charge in [0.1, 0.15) is 0 Å². The Bertz CT molecular complexity index is 266. The van der Waals surface area contributed by atoms with Crippen molar-refractivity contribution < 1.29 is 0 Å². The molecule has 3 heteroatoms. The fourth-order valence-corrected chi connectivity index (χ4v) is 1.86. The Balaban J connectivity index is 2.11. The Hall–Kier alpha value is -0.830. The molecule has 2 rings (SSSR count). The lowest BCUT2D eigenvalue weighted by molar-refractivity contribution is 0.460. The molecule has 0 radical (unpaired) electrons. The van der Waals surface area contributed by atoms with Gasteiger partial charge in [-0.25, -0.2) is 0 Å². The number of nitrogens with zero attached hydrogens (tertiary/aromatic N) is 2. The van der Waals surface area contributed by atoms with E-state index in [0.717, 1.165) is 12.8 Å². The van der Waals surface area contributed by atoms with Crippen LogP contribution in [0.2, 0.25) is 0 Å². The zero-order chi connectivity index (χ0) is 8.55. The molecular formula is C9H15N3. The smallest absolute Gasteiger partial charge is 0.0534 e. The van der Waals surface area contributed by atoms with Gasteiger partial charge in [0.25, 0.3) is 0 Å². The van der Waals surface area contributed by atoms with Gasteiger partial charge in [-0.1, -0.05) is 0 Å². The second-order valence-electron chi connectivity index (χ2n) is 3.72. The van der Waals surface area contributed by atoms with Gasteiger partial charge in [-0.05, 0) is 31.7 Å². The minimum atomic E-state index is 0.388. The first-order valence-electron chi connectivity index (χ1n) is 4.52. The van der Waals surface area contributed by atoms with Crippen LogP contribution < -0.4 is 5.73 Å². The summed E-state index contributed by atoms with van der Waals surface area (Å²) in [6, 6.07) is 0.938. The van der Waals surface area contributed by atoms with Crippen LogP contribution in [0.15, 0.2) is 12.4 Å². The standard InChI is InChI=1S/C9H15N3/c1-7-5-11-12(6-7)9-3-2-8(10)4-9/h5-6,8-9H,2-4,10H2,1H3. The lowest BCUT2D eigenvalue weighted by Gasteiger charge is -2.09. The molecule has 0 aromatic carbocycles. The van der Waals surface area contributed by atoms with Crippen LogP contribution in [0.5, 0.6) is 0 Å². The third-order valence-electron chi connectivity index (χ3n) is 2.55. The molecular weight excluding hydrogens is 150 g/mol. The van der Waals surface area contributed by atoms with E-state index in [-0.39, 0.29) is 0 Å². The zero-order valence-corrected chi connectivity index (χ0v) is 7.40. The largest absolute Gasteiger partial charge is 0.328 e. The van der Waals surface area contributed by atoms with Crippen molar-refractivity contribution in [2.45, 2.75) is 38.3 Å². The van der Waals surface area contributed by atoms with Crippen molar-refractivity contribution in [1.82, 2.24) is 9.78 Å². The van der Waals surface area contributed by atoms with Crippen molar-refractivity contribution in [3.05, 3.63) is 18.0 Å². The van der Waals surface area contributed by atoms with Gasteiger partial charge in [-0.3, -0.25) is 4.68 Å². The first-order chi connectivity index (χ1) is 5.75. The fraction of sp³-hybridized carbons (Fsp3) is 0.667. The summed E-state index contributed by atoms with van der Waals surface area (Å²) in [5.74, 6) is 0. The van der Waals surface area contributed by atoms with Gasteiger partial charge in [-0.2, -0.15) is 5.10 Å². The first kappa shape index (κ1) is 7.80. The third kappa shape index (κ3) is 1.37. The van der Waals surface area contributed by atoms with E-state index in [9.17, 15) is 0 Å². The summed E-state index contributed by atoms with van der Waals surface area (Å²) in [6.45, 7) is 2.07. The molecule has 2 N–H and O–H groups in total. The molecule has 1 saturated carbocycles. The monoisotopic (exact) mass is 165 g/mol. The van der Waals surface area contributed by atoms with Crippen LogP contribution in [-0.4, -0.2) is 15.8 Å². The first-order valence-corrected chi connectivity index (χ1v) is 4.52. The molecule has 0 amide bonds. The maximum absolute atomic E-state index is 5.83. The second kappa shape index (κ2) is 2.90. The maximum atomic E-state index is 5.83. The van der Waals surface area contributed by atoms with E-state index in [0.29, 0.717) is 12.1 Å². The summed E-state index contributed by atoms with van der Waals surface area (Å²) < 4.78 is 2.06. The molecule has 1 heterocycles. The molecule has 12 heavy (non-hydrogen) atoms. The molecule has 2 unspecified atom stereocenters. The van der Waals surface area contributed by atoms with E-state index in [2.05, 4.69) is 22.9 Å². The van der Waals surface area contributed by atoms with Crippen LogP contribution >= 0.6 is 0 Å². The number of hydrogen-bond donors (Lipinski definition) is 1. The van der Waals surface area contributed by atoms with Crippen molar-refractivity contribution in [3.63, 3.8) is 0 Å². The average molecular weight is 165 g/mol. The Labute approximate surface area is 72.6 Å². The summed E-state index contributed by atoms with van der Waals surface area (Å²) in [7, 11) is 0. The summed E-state index contributed by atoms with van der Waals surface area (Å²) >= 11 is 0. The van der Waals surface area contributed by atoms with Gasteiger partial charge in [-0.15, -0.1) is 0 Å². The van der Waals surface area contributed by atoms with Crippen LogP contribution in [0.3, 0.4) is 0 Å². The number of hydrogen-bond acceptors (Lipinski definition) is 2. The highest BCUT2D eigenvalue weighted by Gasteiger charge is 2.23. The zero-order valence-electron chi connectivity index (χ0n) is 7.40. The Morgan fingerprint density at radius 3 is 2.92 bits per heavy atom. The number of rotatable bonds is 1. The van der Waals surface area contributed by atoms with E-state index in [1.807, 2.05) is 6.20 Å². The van der Waals surface area contributed by atoms with Crippen LogP contribution in [0, 0.1) is 6.92 Å². The van der Waals surface area contributed by atoms with Gasteiger partial charge in [0, 0.05) is 12.2 Å². The molecule has 0 spiro atoms. The lowest BCUT2D eigenvalue weighted by Crippen LogP contribution is -2.16. The molecule has 1 aromatic rings. The second-order valence-corrected chi connectivity index (χ2v) is 3.72. The molecule has 0 aliphatic heterocycles.